The Kier molecular flexibility index (Phi) is 10.5. The van der Waals surface area contributed by atoms with Crippen LogP contribution in [-0.2, 0) is 32.6 Å². The van der Waals surface area contributed by atoms with E-state index in [1.54, 1.807) is 11.8 Å². The molecule has 0 spiro atoms. The molecule has 11 nitrogen and oxygen atoms in total. The molecule has 2 aromatic carbocycles. The Hall–Kier alpha value is -4.02. The van der Waals surface area contributed by atoms with Crippen molar-refractivity contribution in [3.63, 3.8) is 0 Å². The Labute approximate surface area is 262 Å². The Morgan fingerprint density at radius 3 is 2.29 bits per heavy atom. The number of ketones is 1. The van der Waals surface area contributed by atoms with Gasteiger partial charge >= 0.3 is 6.36 Å². The van der Waals surface area contributed by atoms with Gasteiger partial charge in [0.1, 0.15) is 16.7 Å². The Bertz CT molecular complexity index is 1640. The number of alkyl halides is 3. The summed E-state index contributed by atoms with van der Waals surface area (Å²) < 4.78 is 70.2. The van der Waals surface area contributed by atoms with Crippen LogP contribution in [0, 0.1) is 6.92 Å². The summed E-state index contributed by atoms with van der Waals surface area (Å²) >= 11 is 0.957. The average Bonchev–Trinajstić information content (AvgIpc) is 3.40. The van der Waals surface area contributed by atoms with Crippen molar-refractivity contribution < 1.29 is 40.7 Å². The normalized spacial score (nSPS) is 15.9. The summed E-state index contributed by atoms with van der Waals surface area (Å²) in [5.41, 5.74) is 2.26. The number of carbonyl (C=O) groups is 3. The van der Waals surface area contributed by atoms with Crippen LogP contribution >= 0.6 is 11.3 Å². The number of aryl methyl sites for hydroxylation is 2. The Morgan fingerprint density at radius 2 is 1.69 bits per heavy atom. The van der Waals surface area contributed by atoms with E-state index in [0.29, 0.717) is 10.8 Å². The molecule has 1 saturated heterocycles. The van der Waals surface area contributed by atoms with Gasteiger partial charge in [0.15, 0.2) is 5.13 Å². The summed E-state index contributed by atoms with van der Waals surface area (Å²) in [6.45, 7) is 3.53. The highest BCUT2D eigenvalue weighted by Crippen LogP contribution is 2.31. The molecule has 16 heteroatoms. The lowest BCUT2D eigenvalue weighted by Gasteiger charge is -2.39. The summed E-state index contributed by atoms with van der Waals surface area (Å²) in [7, 11) is -3.03. The quantitative estimate of drug-likeness (QED) is 0.235. The maximum Gasteiger partial charge on any atom is 0.573 e. The third-order valence-electron chi connectivity index (χ3n) is 7.02. The highest BCUT2D eigenvalue weighted by atomic mass is 32.2. The number of benzene rings is 2. The number of nitrogens with zero attached hydrogens (tertiary/aromatic N) is 3. The van der Waals surface area contributed by atoms with Crippen molar-refractivity contribution in [2.45, 2.75) is 50.5 Å². The number of nitrogens with one attached hydrogen (secondary N) is 2. The average molecular weight is 668 g/mol. The fourth-order valence-electron chi connectivity index (χ4n) is 4.75. The minimum absolute atomic E-state index is 0.0811. The molecule has 0 aliphatic carbocycles. The summed E-state index contributed by atoms with van der Waals surface area (Å²) in [4.78, 5) is 43.9. The fraction of sp³-hybridized carbons (Fsp3) is 0.379. The van der Waals surface area contributed by atoms with Gasteiger partial charge in [-0.3, -0.25) is 14.4 Å². The van der Waals surface area contributed by atoms with E-state index in [2.05, 4.69) is 27.3 Å². The number of likely N-dealkylation sites (N-methyl/N-ethyl adjacent to an activating group) is 1. The van der Waals surface area contributed by atoms with Gasteiger partial charge in [-0.25, -0.2) is 13.4 Å². The van der Waals surface area contributed by atoms with Crippen LogP contribution in [0.25, 0.3) is 0 Å². The molecule has 1 aromatic heterocycles. The number of hydrogen-bond donors (Lipinski definition) is 2. The van der Waals surface area contributed by atoms with Gasteiger partial charge in [-0.1, -0.05) is 48.9 Å². The van der Waals surface area contributed by atoms with Crippen molar-refractivity contribution in [1.29, 1.82) is 0 Å². The minimum Gasteiger partial charge on any atom is -0.406 e. The first-order chi connectivity index (χ1) is 21.2. The summed E-state index contributed by atoms with van der Waals surface area (Å²) in [5.74, 6) is -2.77. The van der Waals surface area contributed by atoms with Crippen LogP contribution in [0.5, 0.6) is 5.75 Å². The standard InChI is InChI=1S/C29H32F3N5O6S2/c1-4-5-19-6-8-20(9-7-19)16-34-26(39)23-17-36(28-35-18(2)25(44-28)24(38)27(40)33-3)14-15-37(23)45(41,42)22-12-10-21(11-13-22)43-29(30,31)32/h6-13,23H,4-5,14-17H2,1-3H3,(H,33,40)(H,34,39)/t23-/m1/s1. The SMILES string of the molecule is CCCc1ccc(CNC(=O)[C@H]2CN(c3nc(C)c(C(=O)C(=O)NC)s3)CCN2S(=O)(=O)c2ccc(OC(F)(F)F)cc2)cc1. The predicted octanol–water partition coefficient (Wildman–Crippen LogP) is 3.43. The van der Waals surface area contributed by atoms with E-state index in [0.717, 1.165) is 63.9 Å². The van der Waals surface area contributed by atoms with Crippen LogP contribution in [0.1, 0.15) is 39.8 Å². The van der Waals surface area contributed by atoms with Crippen LogP contribution in [0.3, 0.4) is 0 Å². The second kappa shape index (κ2) is 14.0. The summed E-state index contributed by atoms with van der Waals surface area (Å²) in [6.07, 6.45) is -3.06. The molecule has 2 amide bonds. The molecule has 0 bridgehead atoms. The number of anilines is 1. The number of hydrogen-bond acceptors (Lipinski definition) is 9. The van der Waals surface area contributed by atoms with Crippen LogP contribution in [0.4, 0.5) is 18.3 Å². The highest BCUT2D eigenvalue weighted by molar-refractivity contribution is 7.89. The molecule has 4 rings (SSSR count). The first kappa shape index (κ1) is 33.9. The number of halogens is 3. The lowest BCUT2D eigenvalue weighted by atomic mass is 10.1. The fourth-order valence-corrected chi connectivity index (χ4v) is 7.36. The zero-order valence-electron chi connectivity index (χ0n) is 24.7. The van der Waals surface area contributed by atoms with Gasteiger partial charge < -0.3 is 20.3 Å². The molecule has 0 radical (unpaired) electrons. The number of Topliss-reactive ketones (excluding diaryl/α,β-unsaturated/α-hetero) is 1. The molecule has 45 heavy (non-hydrogen) atoms. The molecule has 2 N–H and O–H groups in total. The Balaban J connectivity index is 1.60. The minimum atomic E-state index is -4.95. The topological polar surface area (TPSA) is 138 Å². The van der Waals surface area contributed by atoms with Crippen molar-refractivity contribution in [3.8, 4) is 5.75 Å². The second-order valence-corrected chi connectivity index (χ2v) is 13.1. The largest absolute Gasteiger partial charge is 0.573 e. The van der Waals surface area contributed by atoms with Gasteiger partial charge in [0.05, 0.1) is 10.6 Å². The summed E-state index contributed by atoms with van der Waals surface area (Å²) in [6, 6.07) is 10.1. The lowest BCUT2D eigenvalue weighted by Crippen LogP contribution is -2.60. The molecular formula is C29H32F3N5O6S2. The van der Waals surface area contributed by atoms with Gasteiger partial charge in [0.25, 0.3) is 11.7 Å². The van der Waals surface area contributed by atoms with Crippen LogP contribution < -0.4 is 20.3 Å². The third kappa shape index (κ3) is 8.18. The zero-order chi connectivity index (χ0) is 32.9. The molecule has 242 valence electrons. The molecule has 0 saturated carbocycles. The van der Waals surface area contributed by atoms with Gasteiger partial charge in [-0.05, 0) is 48.7 Å². The first-order valence-corrected chi connectivity index (χ1v) is 16.2. The summed E-state index contributed by atoms with van der Waals surface area (Å²) in [5, 5.41) is 5.40. The van der Waals surface area contributed by atoms with Crippen molar-refractivity contribution in [1.82, 2.24) is 19.9 Å². The predicted molar refractivity (Wildman–Crippen MR) is 161 cm³/mol. The van der Waals surface area contributed by atoms with Crippen LogP contribution in [-0.4, -0.2) is 74.4 Å². The van der Waals surface area contributed by atoms with Crippen LogP contribution in [0.2, 0.25) is 0 Å². The number of aromatic nitrogens is 1. The number of piperazine rings is 1. The van der Waals surface area contributed by atoms with E-state index in [-0.39, 0.29) is 36.0 Å². The molecule has 3 aromatic rings. The van der Waals surface area contributed by atoms with E-state index in [1.807, 2.05) is 24.3 Å². The molecule has 1 fully saturated rings. The van der Waals surface area contributed by atoms with E-state index < -0.39 is 45.8 Å². The van der Waals surface area contributed by atoms with Gasteiger partial charge in [0, 0.05) is 33.2 Å². The monoisotopic (exact) mass is 667 g/mol. The van der Waals surface area contributed by atoms with Gasteiger partial charge in [-0.15, -0.1) is 13.2 Å². The van der Waals surface area contributed by atoms with Gasteiger partial charge in [-0.2, -0.15) is 4.31 Å². The first-order valence-electron chi connectivity index (χ1n) is 14.0. The van der Waals surface area contributed by atoms with Crippen molar-refractivity contribution in [2.75, 3.05) is 31.6 Å². The number of carbonyl (C=O) groups excluding carboxylic acids is 3. The molecule has 1 aliphatic heterocycles. The highest BCUT2D eigenvalue weighted by Gasteiger charge is 2.41. The number of amides is 2. The third-order valence-corrected chi connectivity index (χ3v) is 10.2. The van der Waals surface area contributed by atoms with Crippen molar-refractivity contribution >= 4 is 44.1 Å². The lowest BCUT2D eigenvalue weighted by molar-refractivity contribution is -0.274. The maximum absolute atomic E-state index is 13.7. The van der Waals surface area contributed by atoms with E-state index in [4.69, 9.17) is 0 Å². The van der Waals surface area contributed by atoms with Crippen molar-refractivity contribution in [3.05, 3.63) is 70.2 Å². The van der Waals surface area contributed by atoms with E-state index in [1.165, 1.54) is 7.05 Å². The van der Waals surface area contributed by atoms with E-state index >= 15 is 0 Å². The Morgan fingerprint density at radius 1 is 1.04 bits per heavy atom. The maximum atomic E-state index is 13.7. The number of sulfonamides is 1. The second-order valence-electron chi connectivity index (χ2n) is 10.2. The smallest absolute Gasteiger partial charge is 0.406 e. The number of ether oxygens (including phenoxy) is 1. The van der Waals surface area contributed by atoms with Gasteiger partial charge in [0.2, 0.25) is 15.9 Å². The molecule has 1 aliphatic rings. The zero-order valence-corrected chi connectivity index (χ0v) is 26.3. The number of rotatable bonds is 11. The number of thiazole rings is 1. The molecule has 2 heterocycles. The molecule has 0 unspecified atom stereocenters. The molecule has 1 atom stereocenters. The van der Waals surface area contributed by atoms with Crippen molar-refractivity contribution in [2.24, 2.45) is 0 Å². The van der Waals surface area contributed by atoms with Crippen LogP contribution in [0.15, 0.2) is 53.4 Å². The molecular weight excluding hydrogens is 635 g/mol. The van der Waals surface area contributed by atoms with E-state index in [9.17, 15) is 36.0 Å².